The zero-order valence-corrected chi connectivity index (χ0v) is 10.1. The Morgan fingerprint density at radius 2 is 1.82 bits per heavy atom. The van der Waals surface area contributed by atoms with E-state index in [2.05, 4.69) is 0 Å². The predicted octanol–water partition coefficient (Wildman–Crippen LogP) is 1.82. The molecule has 1 rings (SSSR count). The van der Waals surface area contributed by atoms with Crippen LogP contribution in [-0.2, 0) is 4.79 Å². The summed E-state index contributed by atoms with van der Waals surface area (Å²) in [5.74, 6) is -0.597. The van der Waals surface area contributed by atoms with Gasteiger partial charge in [-0.3, -0.25) is 9.69 Å². The Hall–Kier alpha value is -2.04. The van der Waals surface area contributed by atoms with E-state index in [1.165, 1.54) is 7.05 Å². The highest BCUT2D eigenvalue weighted by Crippen LogP contribution is 2.22. The number of para-hydroxylation sites is 1. The molecule has 1 aromatic carbocycles. The first-order valence-electron chi connectivity index (χ1n) is 5.12. The lowest BCUT2D eigenvalue weighted by atomic mass is 10.1. The first-order valence-corrected chi connectivity index (χ1v) is 5.12. The lowest BCUT2D eigenvalue weighted by Gasteiger charge is -2.16. The quantitative estimate of drug-likeness (QED) is 0.870. The van der Waals surface area contributed by atoms with Crippen molar-refractivity contribution in [3.63, 3.8) is 0 Å². The Morgan fingerprint density at radius 3 is 2.29 bits per heavy atom. The molecule has 1 amide bonds. The molecule has 0 aliphatic heterocycles. The van der Waals surface area contributed by atoms with Crippen LogP contribution in [0.3, 0.4) is 0 Å². The highest BCUT2D eigenvalue weighted by Gasteiger charge is 2.16. The van der Waals surface area contributed by atoms with Crippen molar-refractivity contribution in [3.8, 4) is 5.75 Å². The van der Waals surface area contributed by atoms with Gasteiger partial charge in [0.05, 0.1) is 0 Å². The van der Waals surface area contributed by atoms with E-state index >= 15 is 0 Å². The number of carbonyl (C=O) groups excluding carboxylic acids is 1. The van der Waals surface area contributed by atoms with Gasteiger partial charge in [-0.1, -0.05) is 18.2 Å². The van der Waals surface area contributed by atoms with E-state index in [0.29, 0.717) is 5.75 Å². The summed E-state index contributed by atoms with van der Waals surface area (Å²) < 4.78 is 5.16. The van der Waals surface area contributed by atoms with Crippen LogP contribution in [0.4, 0.5) is 4.79 Å². The molecule has 0 radical (unpaired) electrons. The van der Waals surface area contributed by atoms with Crippen LogP contribution in [0, 0.1) is 13.8 Å². The molecule has 0 spiro atoms. The molecule has 1 aromatic rings. The minimum absolute atomic E-state index is 0.385. The van der Waals surface area contributed by atoms with Gasteiger partial charge < -0.3 is 9.84 Å². The van der Waals surface area contributed by atoms with Crippen molar-refractivity contribution in [3.05, 3.63) is 29.3 Å². The number of carboxylic acid groups (broad SMARTS) is 1. The van der Waals surface area contributed by atoms with Gasteiger partial charge in [0, 0.05) is 7.05 Å². The molecule has 0 saturated carbocycles. The Morgan fingerprint density at radius 1 is 1.29 bits per heavy atom. The largest absolute Gasteiger partial charge is 0.480 e. The Kier molecular flexibility index (Phi) is 4.09. The Bertz CT molecular complexity index is 422. The standard InChI is InChI=1S/C12H15NO4/c1-8-5-4-6-9(2)11(8)17-12(16)13(3)7-10(14)15/h4-6H,7H2,1-3H3,(H,14,15). The molecule has 0 bridgehead atoms. The molecular weight excluding hydrogens is 222 g/mol. The zero-order valence-electron chi connectivity index (χ0n) is 10.1. The van der Waals surface area contributed by atoms with Gasteiger partial charge in [0.25, 0.3) is 0 Å². The van der Waals surface area contributed by atoms with Crippen LogP contribution in [0.2, 0.25) is 0 Å². The number of aliphatic carboxylic acids is 1. The van der Waals surface area contributed by atoms with Crippen LogP contribution >= 0.6 is 0 Å². The molecule has 0 aromatic heterocycles. The number of benzene rings is 1. The number of likely N-dealkylation sites (N-methyl/N-ethyl adjacent to an activating group) is 1. The maximum absolute atomic E-state index is 11.6. The van der Waals surface area contributed by atoms with E-state index in [-0.39, 0.29) is 6.54 Å². The summed E-state index contributed by atoms with van der Waals surface area (Å²) in [5.41, 5.74) is 1.67. The lowest BCUT2D eigenvalue weighted by molar-refractivity contribution is -0.137. The Balaban J connectivity index is 2.78. The van der Waals surface area contributed by atoms with Crippen molar-refractivity contribution >= 4 is 12.1 Å². The fraction of sp³-hybridized carbons (Fsp3) is 0.333. The summed E-state index contributed by atoms with van der Waals surface area (Å²) in [6, 6.07) is 5.52. The molecule has 0 heterocycles. The molecular formula is C12H15NO4. The van der Waals surface area contributed by atoms with Gasteiger partial charge in [-0.25, -0.2) is 4.79 Å². The molecule has 0 aliphatic carbocycles. The molecule has 1 N–H and O–H groups in total. The number of rotatable bonds is 3. The average molecular weight is 237 g/mol. The maximum Gasteiger partial charge on any atom is 0.415 e. The second-order valence-corrected chi connectivity index (χ2v) is 3.84. The first kappa shape index (κ1) is 13.0. The van der Waals surface area contributed by atoms with E-state index in [4.69, 9.17) is 9.84 Å². The summed E-state index contributed by atoms with van der Waals surface area (Å²) >= 11 is 0. The van der Waals surface area contributed by atoms with E-state index in [9.17, 15) is 9.59 Å². The minimum atomic E-state index is -1.08. The van der Waals surface area contributed by atoms with E-state index in [1.807, 2.05) is 32.0 Å². The van der Waals surface area contributed by atoms with E-state index in [1.54, 1.807) is 0 Å². The van der Waals surface area contributed by atoms with Crippen LogP contribution in [0.15, 0.2) is 18.2 Å². The highest BCUT2D eigenvalue weighted by atomic mass is 16.6. The smallest absolute Gasteiger partial charge is 0.415 e. The molecule has 17 heavy (non-hydrogen) atoms. The SMILES string of the molecule is Cc1cccc(C)c1OC(=O)N(C)CC(=O)O. The lowest BCUT2D eigenvalue weighted by Crippen LogP contribution is -2.34. The molecule has 0 saturated heterocycles. The van der Waals surface area contributed by atoms with Crippen molar-refractivity contribution in [2.24, 2.45) is 0 Å². The van der Waals surface area contributed by atoms with Crippen molar-refractivity contribution < 1.29 is 19.4 Å². The fourth-order valence-corrected chi connectivity index (χ4v) is 1.39. The van der Waals surface area contributed by atoms with Crippen LogP contribution in [0.5, 0.6) is 5.75 Å². The van der Waals surface area contributed by atoms with Crippen LogP contribution in [-0.4, -0.2) is 35.7 Å². The van der Waals surface area contributed by atoms with Crippen molar-refractivity contribution in [2.75, 3.05) is 13.6 Å². The summed E-state index contributed by atoms with van der Waals surface area (Å²) in [6.45, 7) is 3.27. The number of hydrogen-bond acceptors (Lipinski definition) is 3. The van der Waals surface area contributed by atoms with Crippen LogP contribution in [0.25, 0.3) is 0 Å². The predicted molar refractivity (Wildman–Crippen MR) is 62.2 cm³/mol. The fourth-order valence-electron chi connectivity index (χ4n) is 1.39. The van der Waals surface area contributed by atoms with E-state index in [0.717, 1.165) is 16.0 Å². The third-order valence-electron chi connectivity index (χ3n) is 2.28. The second-order valence-electron chi connectivity index (χ2n) is 3.84. The van der Waals surface area contributed by atoms with Gasteiger partial charge in [-0.05, 0) is 25.0 Å². The summed E-state index contributed by atoms with van der Waals surface area (Å²) in [6.07, 6.45) is -0.676. The maximum atomic E-state index is 11.6. The van der Waals surface area contributed by atoms with Gasteiger partial charge in [0.1, 0.15) is 12.3 Å². The molecule has 0 unspecified atom stereocenters. The molecule has 5 nitrogen and oxygen atoms in total. The molecule has 0 fully saturated rings. The number of ether oxygens (including phenoxy) is 1. The number of nitrogens with zero attached hydrogens (tertiary/aromatic N) is 1. The second kappa shape index (κ2) is 5.34. The van der Waals surface area contributed by atoms with E-state index < -0.39 is 12.1 Å². The van der Waals surface area contributed by atoms with Crippen LogP contribution < -0.4 is 4.74 Å². The number of carboxylic acids is 1. The summed E-state index contributed by atoms with van der Waals surface area (Å²) in [7, 11) is 1.38. The van der Waals surface area contributed by atoms with Gasteiger partial charge in [0.2, 0.25) is 0 Å². The third kappa shape index (κ3) is 3.48. The van der Waals surface area contributed by atoms with Crippen molar-refractivity contribution in [1.82, 2.24) is 4.90 Å². The van der Waals surface area contributed by atoms with Crippen LogP contribution in [0.1, 0.15) is 11.1 Å². The Labute approximate surface area is 99.6 Å². The number of aryl methyl sites for hydroxylation is 2. The third-order valence-corrected chi connectivity index (χ3v) is 2.28. The molecule has 5 heteroatoms. The highest BCUT2D eigenvalue weighted by molar-refractivity contribution is 5.78. The number of amides is 1. The number of hydrogen-bond donors (Lipinski definition) is 1. The monoisotopic (exact) mass is 237 g/mol. The molecule has 92 valence electrons. The summed E-state index contributed by atoms with van der Waals surface area (Å²) in [5, 5.41) is 8.56. The minimum Gasteiger partial charge on any atom is -0.480 e. The average Bonchev–Trinajstić information content (AvgIpc) is 2.22. The van der Waals surface area contributed by atoms with Crippen molar-refractivity contribution in [1.29, 1.82) is 0 Å². The molecule has 0 aliphatic rings. The van der Waals surface area contributed by atoms with Gasteiger partial charge >= 0.3 is 12.1 Å². The summed E-state index contributed by atoms with van der Waals surface area (Å²) in [4.78, 5) is 23.1. The first-order chi connectivity index (χ1) is 7.91. The number of carbonyl (C=O) groups is 2. The normalized spacial score (nSPS) is 9.82. The van der Waals surface area contributed by atoms with Gasteiger partial charge in [-0.15, -0.1) is 0 Å². The van der Waals surface area contributed by atoms with Gasteiger partial charge in [-0.2, -0.15) is 0 Å². The zero-order chi connectivity index (χ0) is 13.0. The van der Waals surface area contributed by atoms with Crippen molar-refractivity contribution in [2.45, 2.75) is 13.8 Å². The molecule has 0 atom stereocenters. The topological polar surface area (TPSA) is 66.8 Å². The van der Waals surface area contributed by atoms with Gasteiger partial charge in [0.15, 0.2) is 0 Å².